The number of hydrogen-bond acceptors (Lipinski definition) is 5. The molecule has 0 saturated carbocycles. The van der Waals surface area contributed by atoms with Gasteiger partial charge in [0.05, 0.1) is 0 Å². The lowest BCUT2D eigenvalue weighted by atomic mass is 10.1. The third kappa shape index (κ3) is 3.59. The van der Waals surface area contributed by atoms with E-state index >= 15 is 0 Å². The van der Waals surface area contributed by atoms with Crippen molar-refractivity contribution in [2.75, 3.05) is 0 Å². The Morgan fingerprint density at radius 2 is 2.29 bits per heavy atom. The van der Waals surface area contributed by atoms with Crippen LogP contribution in [0.4, 0.5) is 0 Å². The molecule has 21 heavy (non-hydrogen) atoms. The smallest absolute Gasteiger partial charge is 0.189 e. The molecule has 6 heteroatoms. The number of aromatic nitrogens is 1. The van der Waals surface area contributed by atoms with E-state index in [0.717, 1.165) is 5.56 Å². The van der Waals surface area contributed by atoms with Crippen molar-refractivity contribution in [1.82, 2.24) is 10.3 Å². The topological polar surface area (TPSA) is 83.5 Å². The normalized spacial score (nSPS) is 13.4. The highest BCUT2D eigenvalue weighted by atomic mass is 32.1. The molecular formula is C15H20N4OS. The summed E-state index contributed by atoms with van der Waals surface area (Å²) in [5.74, 6) is 0.0302. The molecule has 0 aliphatic rings. The van der Waals surface area contributed by atoms with Gasteiger partial charge < -0.3 is 16.3 Å². The van der Waals surface area contributed by atoms with E-state index in [9.17, 15) is 0 Å². The highest BCUT2D eigenvalue weighted by molar-refractivity contribution is 7.12. The number of nitrogens with two attached hydrogens (primary N) is 1. The largest absolute Gasteiger partial charge is 0.409 e. The summed E-state index contributed by atoms with van der Waals surface area (Å²) in [4.78, 5) is 6.81. The van der Waals surface area contributed by atoms with Crippen LogP contribution < -0.4 is 11.1 Å². The summed E-state index contributed by atoms with van der Waals surface area (Å²) in [7, 11) is 0. The van der Waals surface area contributed by atoms with Gasteiger partial charge in [-0.2, -0.15) is 0 Å². The summed E-state index contributed by atoms with van der Waals surface area (Å²) in [6, 6.07) is 6.21. The Morgan fingerprint density at radius 1 is 1.52 bits per heavy atom. The molecule has 1 unspecified atom stereocenters. The maximum atomic E-state index is 8.81. The number of aryl methyl sites for hydroxylation is 2. The van der Waals surface area contributed by atoms with Gasteiger partial charge in [0.25, 0.3) is 0 Å². The van der Waals surface area contributed by atoms with Crippen LogP contribution >= 0.6 is 11.3 Å². The Bertz CT molecular complexity index is 651. The van der Waals surface area contributed by atoms with E-state index in [1.165, 1.54) is 15.3 Å². The van der Waals surface area contributed by atoms with Gasteiger partial charge in [-0.25, -0.2) is 0 Å². The summed E-state index contributed by atoms with van der Waals surface area (Å²) < 4.78 is 0. The molecule has 0 aliphatic heterocycles. The minimum absolute atomic E-state index is 0.0302. The second-order valence-electron chi connectivity index (χ2n) is 4.97. The van der Waals surface area contributed by atoms with Gasteiger partial charge >= 0.3 is 0 Å². The highest BCUT2D eigenvalue weighted by Crippen LogP contribution is 2.26. The number of nitrogens with one attached hydrogen (secondary N) is 1. The summed E-state index contributed by atoms with van der Waals surface area (Å²) in [6.07, 6.45) is 1.63. The quantitative estimate of drug-likeness (QED) is 0.343. The predicted molar refractivity (Wildman–Crippen MR) is 85.8 cm³/mol. The van der Waals surface area contributed by atoms with Crippen LogP contribution in [0, 0.1) is 13.8 Å². The minimum atomic E-state index is 0.0302. The lowest BCUT2D eigenvalue weighted by Crippen LogP contribution is -2.23. The van der Waals surface area contributed by atoms with Gasteiger partial charge in [-0.05, 0) is 44.0 Å². The zero-order valence-electron chi connectivity index (χ0n) is 12.4. The first-order chi connectivity index (χ1) is 10.0. The maximum absolute atomic E-state index is 8.81. The molecule has 5 nitrogen and oxygen atoms in total. The molecule has 4 N–H and O–H groups in total. The summed E-state index contributed by atoms with van der Waals surface area (Å²) in [5.41, 5.74) is 8.38. The fraction of sp³-hybridized carbons (Fsp3) is 0.333. The third-order valence-electron chi connectivity index (χ3n) is 3.39. The molecule has 0 aromatic carbocycles. The van der Waals surface area contributed by atoms with E-state index in [-0.39, 0.29) is 11.9 Å². The third-order valence-corrected chi connectivity index (χ3v) is 4.37. The van der Waals surface area contributed by atoms with Crippen LogP contribution in [0.15, 0.2) is 29.6 Å². The molecule has 2 aromatic heterocycles. The van der Waals surface area contributed by atoms with E-state index in [2.05, 4.69) is 42.3 Å². The lowest BCUT2D eigenvalue weighted by Gasteiger charge is -2.15. The molecule has 0 amide bonds. The van der Waals surface area contributed by atoms with Gasteiger partial charge in [-0.15, -0.1) is 11.3 Å². The highest BCUT2D eigenvalue weighted by Gasteiger charge is 2.13. The molecular weight excluding hydrogens is 284 g/mol. The van der Waals surface area contributed by atoms with Gasteiger partial charge in [0.2, 0.25) is 0 Å². The lowest BCUT2D eigenvalue weighted by molar-refractivity contribution is 0.318. The molecule has 0 spiro atoms. The Morgan fingerprint density at radius 3 is 2.90 bits per heavy atom. The van der Waals surface area contributed by atoms with Gasteiger partial charge in [0.15, 0.2) is 5.84 Å². The molecule has 112 valence electrons. The monoisotopic (exact) mass is 304 g/mol. The number of thiophene rings is 1. The molecule has 0 bridgehead atoms. The molecule has 0 aliphatic carbocycles. The van der Waals surface area contributed by atoms with Crippen LogP contribution in [0.1, 0.15) is 39.5 Å². The zero-order chi connectivity index (χ0) is 15.4. The Balaban J connectivity index is 2.12. The van der Waals surface area contributed by atoms with Crippen molar-refractivity contribution in [3.63, 3.8) is 0 Å². The van der Waals surface area contributed by atoms with Crippen molar-refractivity contribution in [2.24, 2.45) is 10.9 Å². The summed E-state index contributed by atoms with van der Waals surface area (Å²) in [5, 5.41) is 15.3. The molecule has 1 atom stereocenters. The average Bonchev–Trinajstić information content (AvgIpc) is 2.83. The van der Waals surface area contributed by atoms with Crippen LogP contribution in [0.3, 0.4) is 0 Å². The van der Waals surface area contributed by atoms with Gasteiger partial charge in [0.1, 0.15) is 5.69 Å². The van der Waals surface area contributed by atoms with E-state index in [4.69, 9.17) is 10.9 Å². The minimum Gasteiger partial charge on any atom is -0.409 e. The van der Waals surface area contributed by atoms with Gasteiger partial charge in [-0.3, -0.25) is 4.98 Å². The van der Waals surface area contributed by atoms with E-state index in [1.54, 1.807) is 17.5 Å². The maximum Gasteiger partial charge on any atom is 0.189 e. The summed E-state index contributed by atoms with van der Waals surface area (Å²) >= 11 is 1.81. The predicted octanol–water partition coefficient (Wildman–Crippen LogP) is 2.71. The van der Waals surface area contributed by atoms with Crippen LogP contribution in [0.2, 0.25) is 0 Å². The molecule has 0 saturated heterocycles. The second-order valence-corrected chi connectivity index (χ2v) is 6.43. The van der Waals surface area contributed by atoms with Gasteiger partial charge in [-0.1, -0.05) is 11.2 Å². The summed E-state index contributed by atoms with van der Waals surface area (Å²) in [6.45, 7) is 6.99. The number of pyridine rings is 1. The SMILES string of the molecule is Cc1cc(C(C)NCc2cccnc2C(N)=NO)c(C)s1. The van der Waals surface area contributed by atoms with Crippen molar-refractivity contribution in [3.05, 3.63) is 51.0 Å². The van der Waals surface area contributed by atoms with Crippen LogP contribution in [-0.4, -0.2) is 16.0 Å². The molecule has 2 aromatic rings. The van der Waals surface area contributed by atoms with Crippen LogP contribution in [-0.2, 0) is 6.54 Å². The van der Waals surface area contributed by atoms with E-state index in [0.29, 0.717) is 12.2 Å². The Hall–Kier alpha value is -1.92. The fourth-order valence-corrected chi connectivity index (χ4v) is 3.34. The van der Waals surface area contributed by atoms with Crippen molar-refractivity contribution < 1.29 is 5.21 Å². The van der Waals surface area contributed by atoms with Crippen molar-refractivity contribution in [2.45, 2.75) is 33.4 Å². The fourth-order valence-electron chi connectivity index (χ4n) is 2.31. The van der Waals surface area contributed by atoms with E-state index < -0.39 is 0 Å². The molecule has 2 heterocycles. The molecule has 0 fully saturated rings. The van der Waals surface area contributed by atoms with Crippen LogP contribution in [0.5, 0.6) is 0 Å². The standard InChI is InChI=1S/C15H20N4OS/c1-9-7-13(11(3)21-9)10(2)18-8-12-5-4-6-17-14(12)15(16)19-20/h4-7,10,18,20H,8H2,1-3H3,(H2,16,19). The molecule has 2 rings (SSSR count). The Kier molecular flexibility index (Phi) is 4.93. The first-order valence-corrected chi connectivity index (χ1v) is 7.56. The van der Waals surface area contributed by atoms with Crippen molar-refractivity contribution in [3.8, 4) is 0 Å². The number of nitrogens with zero attached hydrogens (tertiary/aromatic N) is 2. The number of amidine groups is 1. The molecule has 0 radical (unpaired) electrons. The first kappa shape index (κ1) is 15.5. The number of oxime groups is 1. The van der Waals surface area contributed by atoms with Gasteiger partial charge in [0, 0.05) is 28.5 Å². The van der Waals surface area contributed by atoms with Crippen LogP contribution in [0.25, 0.3) is 0 Å². The number of hydrogen-bond donors (Lipinski definition) is 3. The second kappa shape index (κ2) is 6.69. The van der Waals surface area contributed by atoms with Crippen molar-refractivity contribution in [1.29, 1.82) is 0 Å². The zero-order valence-corrected chi connectivity index (χ0v) is 13.2. The Labute approximate surface area is 128 Å². The average molecular weight is 304 g/mol. The van der Waals surface area contributed by atoms with E-state index in [1.807, 2.05) is 12.1 Å². The number of rotatable bonds is 5. The van der Waals surface area contributed by atoms with Crippen molar-refractivity contribution >= 4 is 17.2 Å². The first-order valence-electron chi connectivity index (χ1n) is 6.75.